The third-order valence-corrected chi connectivity index (χ3v) is 3.22. The van der Waals surface area contributed by atoms with Gasteiger partial charge in [0, 0.05) is 37.9 Å². The molecule has 16 heavy (non-hydrogen) atoms. The van der Waals surface area contributed by atoms with Gasteiger partial charge in [-0.3, -0.25) is 0 Å². The molecule has 0 fully saturated rings. The van der Waals surface area contributed by atoms with E-state index in [1.165, 1.54) is 16.8 Å². The molecule has 1 aliphatic rings. The summed E-state index contributed by atoms with van der Waals surface area (Å²) in [5.41, 5.74) is 4.34. The Labute approximate surface area is 95.9 Å². The lowest BCUT2D eigenvalue weighted by molar-refractivity contribution is 0.606. The summed E-state index contributed by atoms with van der Waals surface area (Å²) in [6, 6.07) is 12.9. The van der Waals surface area contributed by atoms with Crippen LogP contribution in [0.15, 0.2) is 42.6 Å². The molecular formula is C14H16N2. The fraction of sp³-hybridized carbons (Fsp3) is 0.286. The highest BCUT2D eigenvalue weighted by Crippen LogP contribution is 2.16. The summed E-state index contributed by atoms with van der Waals surface area (Å²) in [5, 5.41) is 3.40. The predicted molar refractivity (Wildman–Crippen MR) is 65.4 cm³/mol. The zero-order chi connectivity index (χ0) is 10.8. The minimum atomic E-state index is 0.996. The first-order valence-electron chi connectivity index (χ1n) is 5.85. The van der Waals surface area contributed by atoms with E-state index in [1.807, 2.05) is 0 Å². The van der Waals surface area contributed by atoms with Gasteiger partial charge in [0.15, 0.2) is 0 Å². The maximum absolute atomic E-state index is 3.40. The van der Waals surface area contributed by atoms with Crippen LogP contribution in [-0.2, 0) is 19.5 Å². The molecular weight excluding hydrogens is 196 g/mol. The molecule has 0 saturated heterocycles. The van der Waals surface area contributed by atoms with Crippen LogP contribution >= 0.6 is 0 Å². The second-order valence-electron chi connectivity index (χ2n) is 4.33. The van der Waals surface area contributed by atoms with E-state index in [2.05, 4.69) is 52.5 Å². The van der Waals surface area contributed by atoms with Crippen LogP contribution in [0.5, 0.6) is 0 Å². The van der Waals surface area contributed by atoms with Gasteiger partial charge in [0.2, 0.25) is 0 Å². The minimum Gasteiger partial charge on any atom is -0.347 e. The van der Waals surface area contributed by atoms with Gasteiger partial charge in [-0.25, -0.2) is 0 Å². The first-order chi connectivity index (χ1) is 7.93. The quantitative estimate of drug-likeness (QED) is 0.807. The van der Waals surface area contributed by atoms with Crippen LogP contribution < -0.4 is 5.32 Å². The molecule has 1 aromatic carbocycles. The first kappa shape index (κ1) is 9.67. The number of benzene rings is 1. The van der Waals surface area contributed by atoms with Crippen LogP contribution in [0.3, 0.4) is 0 Å². The molecule has 2 heteroatoms. The molecule has 2 aromatic rings. The molecule has 1 N–H and O–H groups in total. The molecule has 0 atom stereocenters. The number of aromatic nitrogens is 1. The molecule has 0 radical (unpaired) electrons. The molecule has 82 valence electrons. The van der Waals surface area contributed by atoms with Gasteiger partial charge in [-0.2, -0.15) is 0 Å². The zero-order valence-corrected chi connectivity index (χ0v) is 9.32. The summed E-state index contributed by atoms with van der Waals surface area (Å²) in [4.78, 5) is 0. The highest BCUT2D eigenvalue weighted by atomic mass is 15.0. The van der Waals surface area contributed by atoms with Gasteiger partial charge < -0.3 is 9.88 Å². The van der Waals surface area contributed by atoms with Crippen molar-refractivity contribution < 1.29 is 0 Å². The summed E-state index contributed by atoms with van der Waals surface area (Å²) in [5.74, 6) is 0. The van der Waals surface area contributed by atoms with Crippen LogP contribution in [-0.4, -0.2) is 11.1 Å². The van der Waals surface area contributed by atoms with Crippen molar-refractivity contribution in [3.8, 4) is 0 Å². The molecule has 2 heterocycles. The van der Waals surface area contributed by atoms with Crippen molar-refractivity contribution in [2.45, 2.75) is 19.5 Å². The lowest BCUT2D eigenvalue weighted by atomic mass is 10.1. The Balaban J connectivity index is 1.88. The normalized spacial score (nSPS) is 14.8. The van der Waals surface area contributed by atoms with Crippen molar-refractivity contribution in [1.82, 2.24) is 9.88 Å². The number of fused-ring (bicyclic) bond motifs is 1. The van der Waals surface area contributed by atoms with E-state index in [4.69, 9.17) is 0 Å². The number of hydrogen-bond donors (Lipinski definition) is 1. The van der Waals surface area contributed by atoms with E-state index in [-0.39, 0.29) is 0 Å². The Morgan fingerprint density at radius 2 is 2.00 bits per heavy atom. The Bertz CT molecular complexity index is 471. The van der Waals surface area contributed by atoms with Crippen molar-refractivity contribution in [2.75, 3.05) is 6.54 Å². The lowest BCUT2D eigenvalue weighted by Gasteiger charge is -2.16. The van der Waals surface area contributed by atoms with Gasteiger partial charge in [0.1, 0.15) is 0 Å². The fourth-order valence-corrected chi connectivity index (χ4v) is 2.37. The largest absolute Gasteiger partial charge is 0.347 e. The van der Waals surface area contributed by atoms with Crippen molar-refractivity contribution in [3.63, 3.8) is 0 Å². The average Bonchev–Trinajstić information content (AvgIpc) is 2.74. The van der Waals surface area contributed by atoms with Gasteiger partial charge in [-0.15, -0.1) is 0 Å². The maximum Gasteiger partial charge on any atom is 0.0472 e. The minimum absolute atomic E-state index is 0.996. The van der Waals surface area contributed by atoms with Gasteiger partial charge in [-0.1, -0.05) is 30.3 Å². The third kappa shape index (κ3) is 1.76. The number of rotatable bonds is 2. The molecule has 0 bridgehead atoms. The smallest absolute Gasteiger partial charge is 0.0472 e. The van der Waals surface area contributed by atoms with Crippen LogP contribution in [0.2, 0.25) is 0 Å². The summed E-state index contributed by atoms with van der Waals surface area (Å²) in [6.07, 6.45) is 3.36. The summed E-state index contributed by atoms with van der Waals surface area (Å²) < 4.78 is 2.38. The fourth-order valence-electron chi connectivity index (χ4n) is 2.37. The van der Waals surface area contributed by atoms with E-state index >= 15 is 0 Å². The summed E-state index contributed by atoms with van der Waals surface area (Å²) >= 11 is 0. The third-order valence-electron chi connectivity index (χ3n) is 3.22. The molecule has 0 amide bonds. The molecule has 3 rings (SSSR count). The predicted octanol–water partition coefficient (Wildman–Crippen LogP) is 2.18. The van der Waals surface area contributed by atoms with Gasteiger partial charge in [-0.05, 0) is 17.2 Å². The highest BCUT2D eigenvalue weighted by molar-refractivity contribution is 5.26. The SMILES string of the molecule is c1ccc(Cn2ccc3c2CCNC3)cc1. The van der Waals surface area contributed by atoms with E-state index in [0.717, 1.165) is 26.1 Å². The van der Waals surface area contributed by atoms with Crippen molar-refractivity contribution >= 4 is 0 Å². The summed E-state index contributed by atoms with van der Waals surface area (Å²) in [7, 11) is 0. The molecule has 1 aromatic heterocycles. The standard InChI is InChI=1S/C14H16N2/c1-2-4-12(5-3-1)11-16-9-7-13-10-15-8-6-14(13)16/h1-5,7,9,15H,6,8,10-11H2. The second-order valence-corrected chi connectivity index (χ2v) is 4.33. The average molecular weight is 212 g/mol. The molecule has 0 aliphatic carbocycles. The Hall–Kier alpha value is -1.54. The molecule has 0 unspecified atom stereocenters. The topological polar surface area (TPSA) is 17.0 Å². The number of nitrogens with zero attached hydrogens (tertiary/aromatic N) is 1. The van der Waals surface area contributed by atoms with Crippen molar-refractivity contribution in [3.05, 3.63) is 59.4 Å². The van der Waals surface area contributed by atoms with Crippen LogP contribution in [0.4, 0.5) is 0 Å². The second kappa shape index (κ2) is 4.14. The molecule has 0 spiro atoms. The van der Waals surface area contributed by atoms with E-state index in [0.29, 0.717) is 0 Å². The van der Waals surface area contributed by atoms with Crippen LogP contribution in [0, 0.1) is 0 Å². The van der Waals surface area contributed by atoms with Gasteiger partial charge in [0.05, 0.1) is 0 Å². The Morgan fingerprint density at radius 1 is 1.12 bits per heavy atom. The zero-order valence-electron chi connectivity index (χ0n) is 9.32. The first-order valence-corrected chi connectivity index (χ1v) is 5.85. The molecule has 1 aliphatic heterocycles. The van der Waals surface area contributed by atoms with E-state index in [9.17, 15) is 0 Å². The number of nitrogens with one attached hydrogen (secondary N) is 1. The van der Waals surface area contributed by atoms with Crippen molar-refractivity contribution in [2.24, 2.45) is 0 Å². The van der Waals surface area contributed by atoms with Crippen molar-refractivity contribution in [1.29, 1.82) is 0 Å². The van der Waals surface area contributed by atoms with E-state index < -0.39 is 0 Å². The van der Waals surface area contributed by atoms with Crippen LogP contribution in [0.1, 0.15) is 16.8 Å². The lowest BCUT2D eigenvalue weighted by Crippen LogP contribution is -2.24. The van der Waals surface area contributed by atoms with Gasteiger partial charge >= 0.3 is 0 Å². The van der Waals surface area contributed by atoms with Crippen LogP contribution in [0.25, 0.3) is 0 Å². The number of hydrogen-bond acceptors (Lipinski definition) is 1. The molecule has 2 nitrogen and oxygen atoms in total. The molecule has 0 saturated carbocycles. The highest BCUT2D eigenvalue weighted by Gasteiger charge is 2.12. The summed E-state index contributed by atoms with van der Waals surface area (Å²) in [6.45, 7) is 3.12. The van der Waals surface area contributed by atoms with Gasteiger partial charge in [0.25, 0.3) is 0 Å². The maximum atomic E-state index is 3.40. The van der Waals surface area contributed by atoms with E-state index in [1.54, 1.807) is 0 Å². The Morgan fingerprint density at radius 3 is 2.88 bits per heavy atom. The monoisotopic (exact) mass is 212 g/mol. The Kier molecular flexibility index (Phi) is 2.50.